The molecule has 120 valence electrons. The smallest absolute Gasteiger partial charge is 0.311 e. The fraction of sp³-hybridized carbons (Fsp3) is 0.231. The summed E-state index contributed by atoms with van der Waals surface area (Å²) in [6.07, 6.45) is 2.31. The van der Waals surface area contributed by atoms with E-state index in [2.05, 4.69) is 20.3 Å². The summed E-state index contributed by atoms with van der Waals surface area (Å²) in [5.74, 6) is -2.82. The van der Waals surface area contributed by atoms with Crippen LogP contribution in [0.3, 0.4) is 0 Å². The van der Waals surface area contributed by atoms with Gasteiger partial charge >= 0.3 is 5.97 Å². The van der Waals surface area contributed by atoms with Crippen molar-refractivity contribution in [2.75, 3.05) is 11.9 Å². The van der Waals surface area contributed by atoms with Crippen LogP contribution in [0.5, 0.6) is 0 Å². The van der Waals surface area contributed by atoms with E-state index in [0.29, 0.717) is 5.69 Å². The molecule has 0 saturated carbocycles. The number of amides is 1. The molecule has 0 aliphatic rings. The third-order valence-electron chi connectivity index (χ3n) is 2.51. The molecule has 2 heterocycles. The number of ether oxygens (including phenoxy) is 1. The summed E-state index contributed by atoms with van der Waals surface area (Å²) < 4.78 is 4.80. The largest absolute Gasteiger partial charge is 0.543 e. The lowest BCUT2D eigenvalue weighted by Gasteiger charge is -2.06. The minimum atomic E-state index is -1.61. The minimum absolute atomic E-state index is 0.0182. The lowest BCUT2D eigenvalue weighted by molar-refractivity contribution is -0.255. The zero-order valence-corrected chi connectivity index (χ0v) is 12.8. The minimum Gasteiger partial charge on any atom is -0.543 e. The third-order valence-corrected chi connectivity index (χ3v) is 3.32. The van der Waals surface area contributed by atoms with Gasteiger partial charge in [-0.1, -0.05) is 0 Å². The normalized spacial score (nSPS) is 10.1. The van der Waals surface area contributed by atoms with Crippen molar-refractivity contribution in [3.63, 3.8) is 0 Å². The monoisotopic (exact) mass is 335 g/mol. The number of carboxylic acid groups (broad SMARTS) is 1. The first-order chi connectivity index (χ1) is 11.0. The Morgan fingerprint density at radius 3 is 2.61 bits per heavy atom. The first-order valence-corrected chi connectivity index (χ1v) is 7.33. The van der Waals surface area contributed by atoms with Crippen molar-refractivity contribution in [3.8, 4) is 0 Å². The summed E-state index contributed by atoms with van der Waals surface area (Å²) in [5, 5.41) is 15.1. The number of carbonyl (C=O) groups excluding carboxylic acids is 3. The van der Waals surface area contributed by atoms with Gasteiger partial charge in [0.25, 0.3) is 5.91 Å². The Morgan fingerprint density at radius 1 is 1.26 bits per heavy atom. The van der Waals surface area contributed by atoms with Gasteiger partial charge < -0.3 is 14.6 Å². The Bertz CT molecular complexity index is 745. The van der Waals surface area contributed by atoms with Crippen LogP contribution < -0.4 is 10.4 Å². The maximum Gasteiger partial charge on any atom is 0.311 e. The van der Waals surface area contributed by atoms with E-state index in [1.54, 1.807) is 12.3 Å². The van der Waals surface area contributed by atoms with Gasteiger partial charge in [0.15, 0.2) is 10.8 Å². The number of thiazole rings is 1. The van der Waals surface area contributed by atoms with Crippen LogP contribution >= 0.6 is 11.3 Å². The fourth-order valence-corrected chi connectivity index (χ4v) is 2.32. The average Bonchev–Trinajstić information content (AvgIpc) is 2.94. The Morgan fingerprint density at radius 2 is 1.96 bits per heavy atom. The van der Waals surface area contributed by atoms with Gasteiger partial charge in [-0.05, 0) is 6.92 Å². The SMILES string of the molecule is CCOC(=O)Cc1csc(NC(=O)c2nccnc2C(=O)[O-])n1. The number of esters is 1. The number of carboxylic acids is 1. The van der Waals surface area contributed by atoms with E-state index < -0.39 is 23.5 Å². The predicted molar refractivity (Wildman–Crippen MR) is 76.8 cm³/mol. The maximum atomic E-state index is 12.0. The molecule has 1 N–H and O–H groups in total. The Labute approximate surface area is 134 Å². The lowest BCUT2D eigenvalue weighted by Crippen LogP contribution is -2.28. The van der Waals surface area contributed by atoms with Crippen molar-refractivity contribution in [3.05, 3.63) is 34.9 Å². The van der Waals surface area contributed by atoms with E-state index >= 15 is 0 Å². The van der Waals surface area contributed by atoms with E-state index in [1.807, 2.05) is 0 Å². The van der Waals surface area contributed by atoms with Crippen molar-refractivity contribution in [1.82, 2.24) is 15.0 Å². The van der Waals surface area contributed by atoms with Gasteiger partial charge in [-0.2, -0.15) is 0 Å². The summed E-state index contributed by atoms with van der Waals surface area (Å²) in [4.78, 5) is 45.6. The molecule has 2 aromatic rings. The molecule has 0 fully saturated rings. The molecule has 9 nitrogen and oxygen atoms in total. The number of rotatable bonds is 6. The van der Waals surface area contributed by atoms with Gasteiger partial charge in [-0.25, -0.2) is 9.97 Å². The average molecular weight is 335 g/mol. The summed E-state index contributed by atoms with van der Waals surface area (Å²) in [6.45, 7) is 1.96. The first kappa shape index (κ1) is 16.5. The molecule has 1 amide bonds. The van der Waals surface area contributed by atoms with Crippen LogP contribution in [0.15, 0.2) is 17.8 Å². The molecule has 2 aromatic heterocycles. The van der Waals surface area contributed by atoms with Crippen LogP contribution in [0.2, 0.25) is 0 Å². The van der Waals surface area contributed by atoms with Gasteiger partial charge in [0, 0.05) is 17.8 Å². The molecule has 10 heteroatoms. The topological polar surface area (TPSA) is 134 Å². The molecule has 0 radical (unpaired) electrons. The summed E-state index contributed by atoms with van der Waals surface area (Å²) in [7, 11) is 0. The van der Waals surface area contributed by atoms with E-state index in [-0.39, 0.29) is 23.9 Å². The van der Waals surface area contributed by atoms with Gasteiger partial charge in [-0.15, -0.1) is 11.3 Å². The molecule has 0 bridgehead atoms. The standard InChI is InChI=1S/C13H12N4O5S/c1-2-22-8(18)5-7-6-23-13(16-7)17-11(19)9-10(12(20)21)15-4-3-14-9/h3-4,6H,2,5H2,1H3,(H,20,21)(H,16,17,19)/p-1. The van der Waals surface area contributed by atoms with Crippen LogP contribution in [0, 0.1) is 0 Å². The van der Waals surface area contributed by atoms with E-state index in [1.165, 1.54) is 6.20 Å². The number of aromatic carboxylic acids is 1. The number of anilines is 1. The van der Waals surface area contributed by atoms with Crippen molar-refractivity contribution < 1.29 is 24.2 Å². The summed E-state index contributed by atoms with van der Waals surface area (Å²) in [5.41, 5.74) is -0.508. The highest BCUT2D eigenvalue weighted by Crippen LogP contribution is 2.17. The molecule has 0 aromatic carbocycles. The molecule has 0 spiro atoms. The number of hydrogen-bond donors (Lipinski definition) is 1. The van der Waals surface area contributed by atoms with Crippen molar-refractivity contribution in [1.29, 1.82) is 0 Å². The molecule has 23 heavy (non-hydrogen) atoms. The second-order valence-corrected chi connectivity index (χ2v) is 4.98. The number of carbonyl (C=O) groups is 3. The van der Waals surface area contributed by atoms with Gasteiger partial charge in [0.05, 0.1) is 24.7 Å². The Hall–Kier alpha value is -2.88. The van der Waals surface area contributed by atoms with E-state index in [0.717, 1.165) is 17.5 Å². The van der Waals surface area contributed by atoms with Gasteiger partial charge in [-0.3, -0.25) is 19.9 Å². The van der Waals surface area contributed by atoms with Crippen molar-refractivity contribution >= 4 is 34.3 Å². The van der Waals surface area contributed by atoms with Crippen LogP contribution in [-0.2, 0) is 16.0 Å². The van der Waals surface area contributed by atoms with Crippen molar-refractivity contribution in [2.45, 2.75) is 13.3 Å². The second kappa shape index (κ2) is 7.40. The quantitative estimate of drug-likeness (QED) is 0.708. The van der Waals surface area contributed by atoms with Gasteiger partial charge in [0.1, 0.15) is 5.69 Å². The summed E-state index contributed by atoms with van der Waals surface area (Å²) in [6, 6.07) is 0. The maximum absolute atomic E-state index is 12.0. The highest BCUT2D eigenvalue weighted by Gasteiger charge is 2.17. The van der Waals surface area contributed by atoms with E-state index in [4.69, 9.17) is 4.74 Å². The Kier molecular flexibility index (Phi) is 5.31. The molecular formula is C13H11N4O5S-. The van der Waals surface area contributed by atoms with Crippen molar-refractivity contribution in [2.24, 2.45) is 0 Å². The molecule has 2 rings (SSSR count). The molecular weight excluding hydrogens is 324 g/mol. The first-order valence-electron chi connectivity index (χ1n) is 6.45. The number of nitrogens with zero attached hydrogens (tertiary/aromatic N) is 3. The fourth-order valence-electron chi connectivity index (χ4n) is 1.62. The van der Waals surface area contributed by atoms with Crippen LogP contribution in [-0.4, -0.2) is 39.4 Å². The highest BCUT2D eigenvalue weighted by molar-refractivity contribution is 7.14. The molecule has 0 unspecified atom stereocenters. The summed E-state index contributed by atoms with van der Waals surface area (Å²) >= 11 is 1.08. The molecule has 0 atom stereocenters. The second-order valence-electron chi connectivity index (χ2n) is 4.12. The van der Waals surface area contributed by atoms with E-state index in [9.17, 15) is 19.5 Å². The predicted octanol–water partition coefficient (Wildman–Crippen LogP) is -0.346. The molecule has 0 saturated heterocycles. The van der Waals surface area contributed by atoms with Gasteiger partial charge in [0.2, 0.25) is 0 Å². The molecule has 0 aliphatic heterocycles. The lowest BCUT2D eigenvalue weighted by atomic mass is 10.3. The molecule has 0 aliphatic carbocycles. The number of aromatic nitrogens is 3. The zero-order valence-electron chi connectivity index (χ0n) is 11.9. The van der Waals surface area contributed by atoms with Crippen LogP contribution in [0.4, 0.5) is 5.13 Å². The van der Waals surface area contributed by atoms with Crippen LogP contribution in [0.25, 0.3) is 0 Å². The third kappa shape index (κ3) is 4.30. The van der Waals surface area contributed by atoms with Crippen LogP contribution in [0.1, 0.15) is 33.6 Å². The highest BCUT2D eigenvalue weighted by atomic mass is 32.1. The Balaban J connectivity index is 2.08. The number of nitrogens with one attached hydrogen (secondary N) is 1. The zero-order chi connectivity index (χ0) is 16.8. The number of hydrogen-bond acceptors (Lipinski definition) is 9.